The van der Waals surface area contributed by atoms with Gasteiger partial charge in [-0.1, -0.05) is 35.9 Å². The molecule has 0 radical (unpaired) electrons. The summed E-state index contributed by atoms with van der Waals surface area (Å²) in [6.07, 6.45) is 0.920. The Balaban J connectivity index is 1.70. The molecule has 27 heavy (non-hydrogen) atoms. The number of amides is 1. The Morgan fingerprint density at radius 1 is 1.22 bits per heavy atom. The molecule has 142 valence electrons. The minimum Gasteiger partial charge on any atom is -0.301 e. The summed E-state index contributed by atoms with van der Waals surface area (Å²) in [6, 6.07) is 11.8. The number of aromatic nitrogens is 1. The minimum absolute atomic E-state index is 0.0780. The van der Waals surface area contributed by atoms with Crippen LogP contribution in [-0.2, 0) is 21.2 Å². The summed E-state index contributed by atoms with van der Waals surface area (Å²) in [4.78, 5) is 16.7. The maximum absolute atomic E-state index is 12.5. The van der Waals surface area contributed by atoms with Crippen LogP contribution in [0.15, 0.2) is 47.4 Å². The predicted octanol–water partition coefficient (Wildman–Crippen LogP) is 3.77. The largest absolute Gasteiger partial charge is 0.301 e. The molecule has 3 aromatic rings. The van der Waals surface area contributed by atoms with Crippen LogP contribution in [0, 0.1) is 0 Å². The van der Waals surface area contributed by atoms with Crippen LogP contribution in [0.2, 0.25) is 5.02 Å². The molecular weight excluding hydrogens is 406 g/mol. The van der Waals surface area contributed by atoms with Gasteiger partial charge >= 0.3 is 0 Å². The van der Waals surface area contributed by atoms with Crippen molar-refractivity contribution in [1.82, 2.24) is 9.29 Å². The van der Waals surface area contributed by atoms with E-state index >= 15 is 0 Å². The van der Waals surface area contributed by atoms with E-state index < -0.39 is 15.9 Å². The first-order chi connectivity index (χ1) is 12.8. The van der Waals surface area contributed by atoms with Gasteiger partial charge in [-0.15, -0.1) is 0 Å². The van der Waals surface area contributed by atoms with Crippen molar-refractivity contribution in [2.45, 2.75) is 18.2 Å². The van der Waals surface area contributed by atoms with Crippen molar-refractivity contribution >= 4 is 54.2 Å². The molecule has 0 aliphatic carbocycles. The quantitative estimate of drug-likeness (QED) is 0.654. The molecule has 0 saturated carbocycles. The van der Waals surface area contributed by atoms with Crippen LogP contribution in [-0.4, -0.2) is 37.2 Å². The monoisotopic (exact) mass is 423 g/mol. The molecule has 0 spiro atoms. The number of halogens is 1. The fourth-order valence-corrected chi connectivity index (χ4v) is 4.67. The first kappa shape index (κ1) is 19.8. The van der Waals surface area contributed by atoms with Gasteiger partial charge < -0.3 is 5.32 Å². The molecule has 1 N–H and O–H groups in total. The van der Waals surface area contributed by atoms with Gasteiger partial charge in [0.15, 0.2) is 5.13 Å². The van der Waals surface area contributed by atoms with E-state index in [1.54, 1.807) is 0 Å². The third kappa shape index (κ3) is 4.47. The van der Waals surface area contributed by atoms with Crippen LogP contribution < -0.4 is 5.32 Å². The molecule has 0 bridgehead atoms. The van der Waals surface area contributed by atoms with Gasteiger partial charge in [0.25, 0.3) is 0 Å². The first-order valence-corrected chi connectivity index (χ1v) is 10.8. The van der Waals surface area contributed by atoms with Gasteiger partial charge in [-0.05, 0) is 48.4 Å². The molecule has 1 heterocycles. The van der Waals surface area contributed by atoms with E-state index in [9.17, 15) is 13.2 Å². The van der Waals surface area contributed by atoms with Crippen LogP contribution in [0.5, 0.6) is 0 Å². The number of likely N-dealkylation sites (N-methyl/N-ethyl adjacent to an activating group) is 1. The van der Waals surface area contributed by atoms with Crippen LogP contribution in [0.1, 0.15) is 12.5 Å². The summed E-state index contributed by atoms with van der Waals surface area (Å²) >= 11 is 7.15. The highest BCUT2D eigenvalue weighted by Crippen LogP contribution is 2.27. The standard InChI is InChI=1S/C18H18ClN3O3S2/c1-3-12-4-9-15-16(10-12)26-18(20-15)21-17(23)11-22(2)27(24,25)14-7-5-13(19)6-8-14/h4-10H,3,11H2,1-2H3,(H,20,21,23). The minimum atomic E-state index is -3.78. The van der Waals surface area contributed by atoms with Crippen molar-refractivity contribution < 1.29 is 13.2 Å². The molecule has 0 atom stereocenters. The van der Waals surface area contributed by atoms with Gasteiger partial charge in [0.2, 0.25) is 15.9 Å². The highest BCUT2D eigenvalue weighted by atomic mass is 35.5. The van der Waals surface area contributed by atoms with E-state index in [0.717, 1.165) is 20.9 Å². The number of aryl methyl sites for hydroxylation is 1. The highest BCUT2D eigenvalue weighted by Gasteiger charge is 2.23. The topological polar surface area (TPSA) is 79.4 Å². The Bertz CT molecular complexity index is 1080. The molecule has 3 rings (SSSR count). The van der Waals surface area contributed by atoms with Gasteiger partial charge in [0.05, 0.1) is 21.7 Å². The van der Waals surface area contributed by atoms with Crippen molar-refractivity contribution in [2.75, 3.05) is 18.9 Å². The summed E-state index contributed by atoms with van der Waals surface area (Å²) in [5, 5.41) is 3.56. The molecule has 0 unspecified atom stereocenters. The summed E-state index contributed by atoms with van der Waals surface area (Å²) in [5.74, 6) is -0.454. The number of thiazole rings is 1. The van der Waals surface area contributed by atoms with Gasteiger partial charge in [-0.2, -0.15) is 4.31 Å². The maximum atomic E-state index is 12.5. The normalized spacial score (nSPS) is 11.9. The summed E-state index contributed by atoms with van der Waals surface area (Å²) in [5.41, 5.74) is 1.99. The number of fused-ring (bicyclic) bond motifs is 1. The second-order valence-corrected chi connectivity index (χ2v) is 9.45. The lowest BCUT2D eigenvalue weighted by Gasteiger charge is -2.16. The number of hydrogen-bond donors (Lipinski definition) is 1. The van der Waals surface area contributed by atoms with Crippen LogP contribution in [0.4, 0.5) is 5.13 Å². The highest BCUT2D eigenvalue weighted by molar-refractivity contribution is 7.89. The number of nitrogens with one attached hydrogen (secondary N) is 1. The van der Waals surface area contributed by atoms with E-state index in [4.69, 9.17) is 11.6 Å². The van der Waals surface area contributed by atoms with Crippen LogP contribution >= 0.6 is 22.9 Å². The lowest BCUT2D eigenvalue weighted by Crippen LogP contribution is -2.34. The Morgan fingerprint density at radius 3 is 2.59 bits per heavy atom. The fraction of sp³-hybridized carbons (Fsp3) is 0.222. The predicted molar refractivity (Wildman–Crippen MR) is 109 cm³/mol. The lowest BCUT2D eigenvalue weighted by atomic mass is 10.2. The molecule has 0 saturated heterocycles. The number of rotatable bonds is 6. The zero-order valence-corrected chi connectivity index (χ0v) is 17.2. The number of carbonyl (C=O) groups excluding carboxylic acids is 1. The molecule has 1 amide bonds. The van der Waals surface area contributed by atoms with Crippen molar-refractivity contribution in [3.63, 3.8) is 0 Å². The van der Waals surface area contributed by atoms with Gasteiger partial charge in [0.1, 0.15) is 0 Å². The van der Waals surface area contributed by atoms with Gasteiger partial charge in [-0.3, -0.25) is 4.79 Å². The second kappa shape index (κ2) is 7.93. The third-order valence-corrected chi connectivity index (χ3v) is 7.00. The molecule has 9 heteroatoms. The smallest absolute Gasteiger partial charge is 0.243 e. The maximum Gasteiger partial charge on any atom is 0.243 e. The molecule has 1 aromatic heterocycles. The molecule has 0 aliphatic heterocycles. The zero-order valence-electron chi connectivity index (χ0n) is 14.8. The fourth-order valence-electron chi connectivity index (χ4n) is 2.47. The molecule has 0 fully saturated rings. The van der Waals surface area contributed by atoms with E-state index in [2.05, 4.69) is 17.2 Å². The van der Waals surface area contributed by atoms with E-state index in [0.29, 0.717) is 10.2 Å². The number of sulfonamides is 1. The van der Waals surface area contributed by atoms with Crippen molar-refractivity contribution in [2.24, 2.45) is 0 Å². The van der Waals surface area contributed by atoms with Gasteiger partial charge in [0, 0.05) is 12.1 Å². The van der Waals surface area contributed by atoms with Crippen molar-refractivity contribution in [3.8, 4) is 0 Å². The van der Waals surface area contributed by atoms with Crippen LogP contribution in [0.25, 0.3) is 10.2 Å². The van der Waals surface area contributed by atoms with E-state index in [-0.39, 0.29) is 11.4 Å². The summed E-state index contributed by atoms with van der Waals surface area (Å²) < 4.78 is 27.0. The number of nitrogens with zero attached hydrogens (tertiary/aromatic N) is 2. The summed E-state index contributed by atoms with van der Waals surface area (Å²) in [7, 11) is -2.42. The van der Waals surface area contributed by atoms with Crippen molar-refractivity contribution in [1.29, 1.82) is 0 Å². The second-order valence-electron chi connectivity index (χ2n) is 5.94. The molecule has 2 aromatic carbocycles. The molecule has 0 aliphatic rings. The SMILES string of the molecule is CCc1ccc2nc(NC(=O)CN(C)S(=O)(=O)c3ccc(Cl)cc3)sc2c1. The van der Waals surface area contributed by atoms with E-state index in [1.165, 1.54) is 48.2 Å². The molecular formula is C18H18ClN3O3S2. The Labute approximate surface area is 166 Å². The number of carbonyl (C=O) groups is 1. The number of hydrogen-bond acceptors (Lipinski definition) is 5. The lowest BCUT2D eigenvalue weighted by molar-refractivity contribution is -0.116. The molecule has 6 nitrogen and oxygen atoms in total. The Kier molecular flexibility index (Phi) is 5.81. The summed E-state index contributed by atoms with van der Waals surface area (Å²) in [6.45, 7) is 1.75. The Morgan fingerprint density at radius 2 is 1.93 bits per heavy atom. The third-order valence-electron chi connectivity index (χ3n) is 4.00. The first-order valence-electron chi connectivity index (χ1n) is 8.21. The van der Waals surface area contributed by atoms with E-state index in [1.807, 2.05) is 18.2 Å². The average molecular weight is 424 g/mol. The van der Waals surface area contributed by atoms with Gasteiger partial charge in [-0.25, -0.2) is 13.4 Å². The number of benzene rings is 2. The number of anilines is 1. The van der Waals surface area contributed by atoms with Crippen molar-refractivity contribution in [3.05, 3.63) is 53.1 Å². The zero-order chi connectivity index (χ0) is 19.6. The average Bonchev–Trinajstić information content (AvgIpc) is 3.02. The van der Waals surface area contributed by atoms with Crippen LogP contribution in [0.3, 0.4) is 0 Å². The Hall–Kier alpha value is -2.00.